The van der Waals surface area contributed by atoms with Crippen LogP contribution in [0.2, 0.25) is 0 Å². The van der Waals surface area contributed by atoms with Gasteiger partial charge in [0.2, 0.25) is 0 Å². The summed E-state index contributed by atoms with van der Waals surface area (Å²) < 4.78 is 5.00. The SMILES string of the molecule is C[C@@H]1CCc2o[nH]c(=O)c2C1. The van der Waals surface area contributed by atoms with Crippen molar-refractivity contribution in [2.75, 3.05) is 0 Å². The molecule has 0 aliphatic heterocycles. The van der Waals surface area contributed by atoms with Gasteiger partial charge in [0.1, 0.15) is 5.76 Å². The molecule has 0 radical (unpaired) electrons. The van der Waals surface area contributed by atoms with Crippen molar-refractivity contribution in [1.29, 1.82) is 0 Å². The first-order chi connectivity index (χ1) is 5.27. The maximum atomic E-state index is 11.1. The van der Waals surface area contributed by atoms with E-state index >= 15 is 0 Å². The summed E-state index contributed by atoms with van der Waals surface area (Å²) in [7, 11) is 0. The van der Waals surface area contributed by atoms with Crippen molar-refractivity contribution < 1.29 is 4.52 Å². The molecule has 0 aromatic carbocycles. The molecule has 0 saturated carbocycles. The van der Waals surface area contributed by atoms with Gasteiger partial charge >= 0.3 is 0 Å². The van der Waals surface area contributed by atoms with Crippen molar-refractivity contribution in [2.24, 2.45) is 5.92 Å². The Morgan fingerprint density at radius 2 is 2.45 bits per heavy atom. The third-order valence-electron chi connectivity index (χ3n) is 2.29. The predicted octanol–water partition coefficient (Wildman–Crippen LogP) is 1.09. The number of aromatic amines is 1. The summed E-state index contributed by atoms with van der Waals surface area (Å²) in [5.74, 6) is 1.49. The van der Waals surface area contributed by atoms with E-state index in [0.29, 0.717) is 5.92 Å². The van der Waals surface area contributed by atoms with Gasteiger partial charge in [0.25, 0.3) is 5.56 Å². The Bertz CT molecular complexity index is 310. The number of rotatable bonds is 0. The predicted molar refractivity (Wildman–Crippen MR) is 40.5 cm³/mol. The molecule has 1 N–H and O–H groups in total. The zero-order chi connectivity index (χ0) is 7.84. The fourth-order valence-corrected chi connectivity index (χ4v) is 1.59. The number of hydrogen-bond acceptors (Lipinski definition) is 2. The largest absolute Gasteiger partial charge is 0.383 e. The lowest BCUT2D eigenvalue weighted by molar-refractivity contribution is 0.354. The Morgan fingerprint density at radius 3 is 3.27 bits per heavy atom. The van der Waals surface area contributed by atoms with Crippen LogP contribution >= 0.6 is 0 Å². The standard InChI is InChI=1S/C8H11NO2/c1-5-2-3-7-6(4-5)8(10)9-11-7/h5H,2-4H2,1H3,(H,9,10)/t5-/m1/s1. The molecule has 1 atom stereocenters. The van der Waals surface area contributed by atoms with Gasteiger partial charge in [-0.3, -0.25) is 4.79 Å². The highest BCUT2D eigenvalue weighted by molar-refractivity contribution is 5.17. The molecular weight excluding hydrogens is 142 g/mol. The van der Waals surface area contributed by atoms with Crippen LogP contribution in [-0.4, -0.2) is 5.16 Å². The topological polar surface area (TPSA) is 46.0 Å². The second-order valence-corrected chi connectivity index (χ2v) is 3.28. The highest BCUT2D eigenvalue weighted by Gasteiger charge is 2.20. The molecule has 1 aliphatic carbocycles. The number of aromatic nitrogens is 1. The number of H-pyrrole nitrogens is 1. The lowest BCUT2D eigenvalue weighted by atomic mass is 9.90. The number of aryl methyl sites for hydroxylation is 1. The Balaban J connectivity index is 2.45. The number of fused-ring (bicyclic) bond motifs is 1. The van der Waals surface area contributed by atoms with E-state index in [-0.39, 0.29) is 5.56 Å². The average molecular weight is 153 g/mol. The second kappa shape index (κ2) is 2.26. The lowest BCUT2D eigenvalue weighted by Crippen LogP contribution is -2.16. The minimum atomic E-state index is -0.0356. The van der Waals surface area contributed by atoms with Crippen LogP contribution in [0.3, 0.4) is 0 Å². The molecular formula is C8H11NO2. The molecule has 1 aromatic rings. The van der Waals surface area contributed by atoms with Crippen LogP contribution in [0.5, 0.6) is 0 Å². The fraction of sp³-hybridized carbons (Fsp3) is 0.625. The van der Waals surface area contributed by atoms with Gasteiger partial charge in [0.05, 0.1) is 5.56 Å². The minimum absolute atomic E-state index is 0.0356. The summed E-state index contributed by atoms with van der Waals surface area (Å²) in [6.07, 6.45) is 2.92. The molecule has 1 aromatic heterocycles. The van der Waals surface area contributed by atoms with E-state index in [0.717, 1.165) is 30.6 Å². The van der Waals surface area contributed by atoms with Crippen molar-refractivity contribution in [1.82, 2.24) is 5.16 Å². The van der Waals surface area contributed by atoms with E-state index in [4.69, 9.17) is 4.52 Å². The van der Waals surface area contributed by atoms with Crippen LogP contribution < -0.4 is 5.56 Å². The first-order valence-corrected chi connectivity index (χ1v) is 3.96. The molecule has 0 saturated heterocycles. The Kier molecular flexibility index (Phi) is 1.37. The van der Waals surface area contributed by atoms with Crippen molar-refractivity contribution in [3.05, 3.63) is 21.7 Å². The first-order valence-electron chi connectivity index (χ1n) is 3.96. The normalized spacial score (nSPS) is 23.2. The van der Waals surface area contributed by atoms with Crippen molar-refractivity contribution in [3.8, 4) is 0 Å². The van der Waals surface area contributed by atoms with E-state index in [1.807, 2.05) is 0 Å². The Morgan fingerprint density at radius 1 is 1.64 bits per heavy atom. The van der Waals surface area contributed by atoms with Crippen LogP contribution in [0.1, 0.15) is 24.7 Å². The third kappa shape index (κ3) is 1.00. The zero-order valence-electron chi connectivity index (χ0n) is 6.52. The van der Waals surface area contributed by atoms with E-state index in [1.165, 1.54) is 0 Å². The van der Waals surface area contributed by atoms with Gasteiger partial charge in [-0.05, 0) is 18.8 Å². The summed E-state index contributed by atoms with van der Waals surface area (Å²) >= 11 is 0. The van der Waals surface area contributed by atoms with Gasteiger partial charge in [-0.1, -0.05) is 6.92 Å². The zero-order valence-corrected chi connectivity index (χ0v) is 6.52. The van der Waals surface area contributed by atoms with Crippen LogP contribution in [0.15, 0.2) is 9.32 Å². The Labute approximate surface area is 64.4 Å². The van der Waals surface area contributed by atoms with E-state index in [1.54, 1.807) is 0 Å². The van der Waals surface area contributed by atoms with Crippen molar-refractivity contribution in [2.45, 2.75) is 26.2 Å². The molecule has 3 nitrogen and oxygen atoms in total. The number of hydrogen-bond donors (Lipinski definition) is 1. The summed E-state index contributed by atoms with van der Waals surface area (Å²) in [5, 5.41) is 2.37. The maximum Gasteiger partial charge on any atom is 0.283 e. The summed E-state index contributed by atoms with van der Waals surface area (Å²) in [6.45, 7) is 2.16. The van der Waals surface area contributed by atoms with Crippen LogP contribution in [0.25, 0.3) is 0 Å². The maximum absolute atomic E-state index is 11.1. The molecule has 11 heavy (non-hydrogen) atoms. The highest BCUT2D eigenvalue weighted by Crippen LogP contribution is 2.21. The second-order valence-electron chi connectivity index (χ2n) is 3.28. The van der Waals surface area contributed by atoms with Crippen LogP contribution in [0.4, 0.5) is 0 Å². The molecule has 0 bridgehead atoms. The first kappa shape index (κ1) is 6.70. The molecule has 60 valence electrons. The summed E-state index contributed by atoms with van der Waals surface area (Å²) in [5.41, 5.74) is 0.829. The van der Waals surface area contributed by atoms with E-state index in [2.05, 4.69) is 12.1 Å². The van der Waals surface area contributed by atoms with Crippen LogP contribution in [0, 0.1) is 5.92 Å². The average Bonchev–Trinajstić information content (AvgIpc) is 2.33. The lowest BCUT2D eigenvalue weighted by Gasteiger charge is -2.14. The molecule has 0 unspecified atom stereocenters. The molecule has 0 amide bonds. The molecule has 2 rings (SSSR count). The van der Waals surface area contributed by atoms with E-state index in [9.17, 15) is 4.79 Å². The third-order valence-corrected chi connectivity index (χ3v) is 2.29. The monoisotopic (exact) mass is 153 g/mol. The van der Waals surface area contributed by atoms with Crippen molar-refractivity contribution >= 4 is 0 Å². The fourth-order valence-electron chi connectivity index (χ4n) is 1.59. The Hall–Kier alpha value is -0.990. The van der Waals surface area contributed by atoms with Gasteiger partial charge < -0.3 is 4.52 Å². The quantitative estimate of drug-likeness (QED) is 0.606. The minimum Gasteiger partial charge on any atom is -0.383 e. The summed E-state index contributed by atoms with van der Waals surface area (Å²) in [4.78, 5) is 11.1. The highest BCUT2D eigenvalue weighted by atomic mass is 16.5. The summed E-state index contributed by atoms with van der Waals surface area (Å²) in [6, 6.07) is 0. The molecule has 1 aliphatic rings. The van der Waals surface area contributed by atoms with Gasteiger partial charge in [-0.15, -0.1) is 0 Å². The molecule has 0 fully saturated rings. The van der Waals surface area contributed by atoms with E-state index < -0.39 is 0 Å². The number of nitrogens with one attached hydrogen (secondary N) is 1. The van der Waals surface area contributed by atoms with Gasteiger partial charge in [-0.2, -0.15) is 5.16 Å². The molecule has 0 spiro atoms. The molecule has 1 heterocycles. The van der Waals surface area contributed by atoms with Gasteiger partial charge in [0.15, 0.2) is 0 Å². The van der Waals surface area contributed by atoms with Crippen molar-refractivity contribution in [3.63, 3.8) is 0 Å². The van der Waals surface area contributed by atoms with Gasteiger partial charge in [0, 0.05) is 6.42 Å². The van der Waals surface area contributed by atoms with Gasteiger partial charge in [-0.25, -0.2) is 0 Å². The van der Waals surface area contributed by atoms with Crippen LogP contribution in [-0.2, 0) is 12.8 Å². The molecule has 3 heteroatoms. The smallest absolute Gasteiger partial charge is 0.283 e.